The number of carbonyl (C=O) groups is 2. The monoisotopic (exact) mass is 287 g/mol. The molecule has 0 spiro atoms. The number of hydrogen-bond acceptors (Lipinski definition) is 7. The lowest BCUT2D eigenvalue weighted by Crippen LogP contribution is -2.32. The quantitative estimate of drug-likeness (QED) is 0.830. The van der Waals surface area contributed by atoms with Gasteiger partial charge in [-0.3, -0.25) is 4.79 Å². The summed E-state index contributed by atoms with van der Waals surface area (Å²) in [7, 11) is 0. The number of nitrogens with zero attached hydrogens (tertiary/aromatic N) is 2. The predicted octanol–water partition coefficient (Wildman–Crippen LogP) is 1.80. The molecular formula is C11H17N3O4S. The van der Waals surface area contributed by atoms with E-state index in [0.29, 0.717) is 16.5 Å². The number of aromatic nitrogens is 2. The number of rotatable bonds is 5. The third kappa shape index (κ3) is 5.64. The summed E-state index contributed by atoms with van der Waals surface area (Å²) in [6, 6.07) is 0. The molecule has 0 bridgehead atoms. The van der Waals surface area contributed by atoms with Crippen molar-refractivity contribution in [3.63, 3.8) is 0 Å². The number of carbonyl (C=O) groups excluding carboxylic acids is 2. The van der Waals surface area contributed by atoms with Crippen molar-refractivity contribution in [2.75, 3.05) is 0 Å². The zero-order chi connectivity index (χ0) is 14.5. The summed E-state index contributed by atoms with van der Waals surface area (Å²) in [5.74, 6) is 0. The third-order valence-electron chi connectivity index (χ3n) is 1.87. The van der Waals surface area contributed by atoms with Gasteiger partial charge in [-0.2, -0.15) is 0 Å². The van der Waals surface area contributed by atoms with Gasteiger partial charge < -0.3 is 14.8 Å². The van der Waals surface area contributed by atoms with E-state index in [9.17, 15) is 9.59 Å². The Hall–Kier alpha value is -1.70. The van der Waals surface area contributed by atoms with Crippen molar-refractivity contribution in [3.8, 4) is 0 Å². The van der Waals surface area contributed by atoms with E-state index in [1.54, 1.807) is 27.7 Å². The maximum absolute atomic E-state index is 11.4. The van der Waals surface area contributed by atoms with Crippen LogP contribution in [0.4, 0.5) is 4.79 Å². The zero-order valence-electron chi connectivity index (χ0n) is 11.3. The van der Waals surface area contributed by atoms with Crippen LogP contribution in [0.2, 0.25) is 0 Å². The summed E-state index contributed by atoms with van der Waals surface area (Å²) >= 11 is 1.26. The lowest BCUT2D eigenvalue weighted by Gasteiger charge is -2.19. The molecule has 7 nitrogen and oxygen atoms in total. The molecule has 1 amide bonds. The molecule has 106 valence electrons. The molecule has 1 aromatic rings. The van der Waals surface area contributed by atoms with Crippen molar-refractivity contribution in [1.82, 2.24) is 15.5 Å². The second-order valence-electron chi connectivity index (χ2n) is 4.76. The minimum Gasteiger partial charge on any atom is -0.457 e. The van der Waals surface area contributed by atoms with Crippen LogP contribution in [0.5, 0.6) is 0 Å². The van der Waals surface area contributed by atoms with Crippen LogP contribution in [0.15, 0.2) is 0 Å². The zero-order valence-corrected chi connectivity index (χ0v) is 12.1. The number of nitrogens with one attached hydrogen (secondary N) is 1. The van der Waals surface area contributed by atoms with Crippen LogP contribution >= 0.6 is 11.3 Å². The van der Waals surface area contributed by atoms with E-state index in [4.69, 9.17) is 9.47 Å². The Balaban J connectivity index is 2.46. The normalized spacial score (nSPS) is 12.6. The first-order chi connectivity index (χ1) is 8.81. The summed E-state index contributed by atoms with van der Waals surface area (Å²) in [6.07, 6.45) is -0.952. The topological polar surface area (TPSA) is 90.4 Å². The molecule has 0 aromatic carbocycles. The molecule has 0 radical (unpaired) electrons. The van der Waals surface area contributed by atoms with E-state index in [-0.39, 0.29) is 6.54 Å². The Morgan fingerprint density at radius 1 is 1.47 bits per heavy atom. The first-order valence-corrected chi connectivity index (χ1v) is 6.51. The van der Waals surface area contributed by atoms with Crippen molar-refractivity contribution < 1.29 is 19.1 Å². The van der Waals surface area contributed by atoms with E-state index in [0.717, 1.165) is 0 Å². The van der Waals surface area contributed by atoms with E-state index >= 15 is 0 Å². The summed E-state index contributed by atoms with van der Waals surface area (Å²) in [4.78, 5) is 21.6. The van der Waals surface area contributed by atoms with Crippen molar-refractivity contribution in [2.45, 2.75) is 45.9 Å². The SMILES string of the molecule is CC(OC=O)c1nnc(CNC(=O)OC(C)(C)C)s1. The first kappa shape index (κ1) is 15.4. The number of ether oxygens (including phenoxy) is 2. The molecule has 0 aliphatic heterocycles. The highest BCUT2D eigenvalue weighted by molar-refractivity contribution is 7.11. The molecule has 8 heteroatoms. The molecule has 0 fully saturated rings. The van der Waals surface area contributed by atoms with Crippen LogP contribution in [-0.4, -0.2) is 28.4 Å². The summed E-state index contributed by atoms with van der Waals surface area (Å²) in [5, 5.41) is 11.5. The van der Waals surface area contributed by atoms with Crippen LogP contribution < -0.4 is 5.32 Å². The second-order valence-corrected chi connectivity index (χ2v) is 5.86. The molecule has 0 saturated carbocycles. The fraction of sp³-hybridized carbons (Fsp3) is 0.636. The summed E-state index contributed by atoms with van der Waals surface area (Å²) in [6.45, 7) is 7.64. The van der Waals surface area contributed by atoms with Gasteiger partial charge in [0.1, 0.15) is 10.6 Å². The van der Waals surface area contributed by atoms with Crippen molar-refractivity contribution in [1.29, 1.82) is 0 Å². The van der Waals surface area contributed by atoms with E-state index in [2.05, 4.69) is 15.5 Å². The molecular weight excluding hydrogens is 270 g/mol. The van der Waals surface area contributed by atoms with E-state index < -0.39 is 17.8 Å². The molecule has 0 saturated heterocycles. The molecule has 1 heterocycles. The predicted molar refractivity (Wildman–Crippen MR) is 68.5 cm³/mol. The van der Waals surface area contributed by atoms with Crippen LogP contribution in [0.3, 0.4) is 0 Å². The van der Waals surface area contributed by atoms with Gasteiger partial charge in [0, 0.05) is 0 Å². The molecule has 19 heavy (non-hydrogen) atoms. The molecule has 1 aromatic heterocycles. The standard InChI is InChI=1S/C11H17N3O4S/c1-7(17-6-15)9-14-13-8(19-9)5-12-10(16)18-11(2,3)4/h6-7H,5H2,1-4H3,(H,12,16). The lowest BCUT2D eigenvalue weighted by atomic mass is 10.2. The van der Waals surface area contributed by atoms with Gasteiger partial charge in [-0.25, -0.2) is 4.79 Å². The summed E-state index contributed by atoms with van der Waals surface area (Å²) in [5.41, 5.74) is -0.539. The Kier molecular flexibility index (Phi) is 5.22. The number of alkyl carbamates (subject to hydrolysis) is 1. The van der Waals surface area contributed by atoms with Crippen LogP contribution in [-0.2, 0) is 20.8 Å². The van der Waals surface area contributed by atoms with Gasteiger partial charge in [-0.1, -0.05) is 11.3 Å². The number of amides is 1. The minimum absolute atomic E-state index is 0.223. The van der Waals surface area contributed by atoms with Gasteiger partial charge in [0.15, 0.2) is 11.1 Å². The third-order valence-corrected chi connectivity index (χ3v) is 2.96. The molecule has 1 unspecified atom stereocenters. The van der Waals surface area contributed by atoms with Crippen molar-refractivity contribution >= 4 is 23.9 Å². The maximum Gasteiger partial charge on any atom is 0.408 e. The second kappa shape index (κ2) is 6.46. The fourth-order valence-electron chi connectivity index (χ4n) is 1.11. The van der Waals surface area contributed by atoms with Gasteiger partial charge in [0.2, 0.25) is 0 Å². The molecule has 1 rings (SSSR count). The van der Waals surface area contributed by atoms with Crippen LogP contribution in [0, 0.1) is 0 Å². The fourth-order valence-corrected chi connectivity index (χ4v) is 1.88. The average Bonchev–Trinajstić information content (AvgIpc) is 2.73. The van der Waals surface area contributed by atoms with Gasteiger partial charge in [0.05, 0.1) is 6.54 Å². The van der Waals surface area contributed by atoms with Gasteiger partial charge >= 0.3 is 6.09 Å². The Bertz CT molecular complexity index is 441. The summed E-state index contributed by atoms with van der Waals surface area (Å²) < 4.78 is 9.84. The van der Waals surface area contributed by atoms with Gasteiger partial charge in [-0.05, 0) is 27.7 Å². The Labute approximate surface area is 115 Å². The highest BCUT2D eigenvalue weighted by Gasteiger charge is 2.17. The van der Waals surface area contributed by atoms with Crippen LogP contribution in [0.25, 0.3) is 0 Å². The highest BCUT2D eigenvalue weighted by Crippen LogP contribution is 2.20. The maximum atomic E-state index is 11.4. The molecule has 0 aliphatic rings. The smallest absolute Gasteiger partial charge is 0.408 e. The minimum atomic E-state index is -0.539. The lowest BCUT2D eigenvalue weighted by molar-refractivity contribution is -0.133. The molecule has 1 atom stereocenters. The van der Waals surface area contributed by atoms with Gasteiger partial charge in [0.25, 0.3) is 6.47 Å². The Morgan fingerprint density at radius 2 is 2.16 bits per heavy atom. The van der Waals surface area contributed by atoms with Crippen LogP contribution in [0.1, 0.15) is 43.8 Å². The Morgan fingerprint density at radius 3 is 2.74 bits per heavy atom. The molecule has 0 aliphatic carbocycles. The average molecular weight is 287 g/mol. The number of hydrogen-bond donors (Lipinski definition) is 1. The first-order valence-electron chi connectivity index (χ1n) is 5.70. The molecule has 1 N–H and O–H groups in total. The van der Waals surface area contributed by atoms with Crippen molar-refractivity contribution in [3.05, 3.63) is 10.0 Å². The van der Waals surface area contributed by atoms with E-state index in [1.807, 2.05) is 0 Å². The van der Waals surface area contributed by atoms with Crippen molar-refractivity contribution in [2.24, 2.45) is 0 Å². The van der Waals surface area contributed by atoms with Gasteiger partial charge in [-0.15, -0.1) is 10.2 Å². The largest absolute Gasteiger partial charge is 0.457 e. The van der Waals surface area contributed by atoms with E-state index in [1.165, 1.54) is 11.3 Å². The highest BCUT2D eigenvalue weighted by atomic mass is 32.1.